The number of rotatable bonds is 0. The highest BCUT2D eigenvalue weighted by Gasteiger charge is 2.75. The van der Waals surface area contributed by atoms with Gasteiger partial charge < -0.3 is 0 Å². The van der Waals surface area contributed by atoms with Gasteiger partial charge in [-0.05, 0) is 36.0 Å². The second-order valence-electron chi connectivity index (χ2n) is 4.21. The van der Waals surface area contributed by atoms with Gasteiger partial charge in [0.1, 0.15) is 0 Å². The highest BCUT2D eigenvalue weighted by atomic mass is 79.9. The van der Waals surface area contributed by atoms with Crippen LogP contribution in [-0.4, -0.2) is 4.83 Å². The van der Waals surface area contributed by atoms with Crippen LogP contribution in [0.5, 0.6) is 0 Å². The first-order valence-corrected chi connectivity index (χ1v) is 4.80. The molecule has 0 aromatic carbocycles. The molecule has 0 N–H and O–H groups in total. The zero-order valence-corrected chi connectivity index (χ0v) is 7.19. The van der Waals surface area contributed by atoms with E-state index < -0.39 is 0 Å². The Balaban J connectivity index is 2.13. The van der Waals surface area contributed by atoms with Crippen LogP contribution in [0.3, 0.4) is 0 Å². The maximum absolute atomic E-state index is 3.81. The van der Waals surface area contributed by atoms with Crippen molar-refractivity contribution < 1.29 is 0 Å². The Morgan fingerprint density at radius 1 is 1.33 bits per heavy atom. The molecule has 0 radical (unpaired) electrons. The van der Waals surface area contributed by atoms with Crippen LogP contribution in [-0.2, 0) is 0 Å². The number of alkyl halides is 1. The van der Waals surface area contributed by atoms with Gasteiger partial charge in [-0.25, -0.2) is 0 Å². The summed E-state index contributed by atoms with van der Waals surface area (Å²) in [5, 5.41) is 0. The minimum Gasteiger partial charge on any atom is -0.0881 e. The predicted molar refractivity (Wildman–Crippen MR) is 40.5 cm³/mol. The smallest absolute Gasteiger partial charge is 0.0233 e. The minimum absolute atomic E-state index is 0.769. The van der Waals surface area contributed by atoms with Crippen molar-refractivity contribution >= 4 is 15.9 Å². The lowest BCUT2D eigenvalue weighted by Crippen LogP contribution is -2.09. The molecule has 4 rings (SSSR count). The minimum atomic E-state index is 0.769. The van der Waals surface area contributed by atoms with Crippen LogP contribution in [0.2, 0.25) is 0 Å². The first kappa shape index (κ1) is 5.17. The number of hydrogen-bond donors (Lipinski definition) is 0. The van der Waals surface area contributed by atoms with Gasteiger partial charge in [0.05, 0.1) is 0 Å². The van der Waals surface area contributed by atoms with E-state index in [0.29, 0.717) is 0 Å². The molecule has 0 saturated heterocycles. The Bertz CT molecular complexity index is 163. The number of halogens is 1. The molecular formula is C8H11Br. The Morgan fingerprint density at radius 3 is 2.00 bits per heavy atom. The molecule has 0 heterocycles. The van der Waals surface area contributed by atoms with Gasteiger partial charge in [0.25, 0.3) is 0 Å². The van der Waals surface area contributed by atoms with Crippen LogP contribution >= 0.6 is 15.9 Å². The molecular weight excluding hydrogens is 176 g/mol. The summed E-state index contributed by atoms with van der Waals surface area (Å²) in [6.45, 7) is 2.47. The van der Waals surface area contributed by atoms with Crippen LogP contribution in [0.4, 0.5) is 0 Å². The van der Waals surface area contributed by atoms with Crippen LogP contribution in [0.1, 0.15) is 19.8 Å². The second kappa shape index (κ2) is 1.13. The third kappa shape index (κ3) is 0.338. The van der Waals surface area contributed by atoms with Gasteiger partial charge in [-0.3, -0.25) is 0 Å². The Morgan fingerprint density at radius 2 is 1.89 bits per heavy atom. The van der Waals surface area contributed by atoms with Crippen LogP contribution in [0.25, 0.3) is 0 Å². The van der Waals surface area contributed by atoms with Crippen LogP contribution in [0, 0.1) is 23.2 Å². The van der Waals surface area contributed by atoms with Crippen molar-refractivity contribution in [3.63, 3.8) is 0 Å². The molecule has 3 unspecified atom stereocenters. The van der Waals surface area contributed by atoms with E-state index in [4.69, 9.17) is 0 Å². The summed E-state index contributed by atoms with van der Waals surface area (Å²) in [5.41, 5.74) is 0.769. The van der Waals surface area contributed by atoms with Crippen molar-refractivity contribution in [2.24, 2.45) is 23.2 Å². The van der Waals surface area contributed by atoms with Crippen LogP contribution in [0.15, 0.2) is 0 Å². The highest BCUT2D eigenvalue weighted by Crippen LogP contribution is 2.80. The third-order valence-corrected chi connectivity index (χ3v) is 5.83. The zero-order valence-electron chi connectivity index (χ0n) is 5.60. The summed E-state index contributed by atoms with van der Waals surface area (Å²) in [6.07, 6.45) is 3.08. The monoisotopic (exact) mass is 186 g/mol. The summed E-state index contributed by atoms with van der Waals surface area (Å²) in [6, 6.07) is 0. The van der Waals surface area contributed by atoms with Gasteiger partial charge in [0.2, 0.25) is 0 Å². The topological polar surface area (TPSA) is 0 Å². The van der Waals surface area contributed by atoms with E-state index in [0.717, 1.165) is 28.0 Å². The summed E-state index contributed by atoms with van der Waals surface area (Å²) in [5.74, 6) is 3.32. The molecule has 50 valence electrons. The van der Waals surface area contributed by atoms with E-state index in [9.17, 15) is 0 Å². The van der Waals surface area contributed by atoms with Gasteiger partial charge >= 0.3 is 0 Å². The second-order valence-corrected chi connectivity index (χ2v) is 5.20. The Labute approximate surface area is 64.1 Å². The first-order valence-electron chi connectivity index (χ1n) is 3.88. The molecule has 0 aromatic rings. The predicted octanol–water partition coefficient (Wildman–Crippen LogP) is 2.43. The highest BCUT2D eigenvalue weighted by molar-refractivity contribution is 9.09. The Kier molecular flexibility index (Phi) is 0.650. The van der Waals surface area contributed by atoms with E-state index in [1.807, 2.05) is 0 Å². The molecule has 4 saturated carbocycles. The molecule has 1 heteroatoms. The van der Waals surface area contributed by atoms with E-state index >= 15 is 0 Å². The van der Waals surface area contributed by atoms with Gasteiger partial charge in [0, 0.05) is 4.83 Å². The maximum atomic E-state index is 3.81. The SMILES string of the molecule is CC12C3CC(C[C@H]31)[C@H]2Br. The summed E-state index contributed by atoms with van der Waals surface area (Å²) in [4.78, 5) is 0.889. The lowest BCUT2D eigenvalue weighted by Gasteiger charge is -2.09. The maximum Gasteiger partial charge on any atom is 0.0233 e. The molecule has 4 aliphatic rings. The van der Waals surface area contributed by atoms with Crippen molar-refractivity contribution in [1.82, 2.24) is 0 Å². The van der Waals surface area contributed by atoms with Crippen molar-refractivity contribution in [3.8, 4) is 0 Å². The lowest BCUT2D eigenvalue weighted by molar-refractivity contribution is 0.563. The fraction of sp³-hybridized carbons (Fsp3) is 1.00. The molecule has 0 spiro atoms. The fourth-order valence-electron chi connectivity index (χ4n) is 3.46. The third-order valence-electron chi connectivity index (χ3n) is 4.10. The number of hydrogen-bond acceptors (Lipinski definition) is 0. The molecule has 4 fully saturated rings. The van der Waals surface area contributed by atoms with Gasteiger partial charge in [-0.15, -0.1) is 0 Å². The van der Waals surface area contributed by atoms with Crippen molar-refractivity contribution in [2.75, 3.05) is 0 Å². The lowest BCUT2D eigenvalue weighted by atomic mass is 10.1. The van der Waals surface area contributed by atoms with Gasteiger partial charge in [-0.2, -0.15) is 0 Å². The summed E-state index contributed by atoms with van der Waals surface area (Å²) in [7, 11) is 0. The van der Waals surface area contributed by atoms with Crippen molar-refractivity contribution in [1.29, 1.82) is 0 Å². The normalized spacial score (nSPS) is 75.3. The van der Waals surface area contributed by atoms with Gasteiger partial charge in [0.15, 0.2) is 0 Å². The van der Waals surface area contributed by atoms with E-state index in [2.05, 4.69) is 22.9 Å². The van der Waals surface area contributed by atoms with E-state index in [1.165, 1.54) is 12.8 Å². The molecule has 0 aromatic heterocycles. The summed E-state index contributed by atoms with van der Waals surface area (Å²) >= 11 is 3.81. The molecule has 0 nitrogen and oxygen atoms in total. The van der Waals surface area contributed by atoms with Gasteiger partial charge in [-0.1, -0.05) is 22.9 Å². The fourth-order valence-corrected chi connectivity index (χ4v) is 4.57. The average molecular weight is 187 g/mol. The molecule has 4 aliphatic carbocycles. The molecule has 5 atom stereocenters. The molecule has 0 amide bonds. The molecule has 4 bridgehead atoms. The Hall–Kier alpha value is 0.480. The first-order chi connectivity index (χ1) is 4.24. The molecule has 0 aliphatic heterocycles. The largest absolute Gasteiger partial charge is 0.0881 e. The van der Waals surface area contributed by atoms with Crippen LogP contribution < -0.4 is 0 Å². The summed E-state index contributed by atoms with van der Waals surface area (Å²) < 4.78 is 0. The van der Waals surface area contributed by atoms with E-state index in [-0.39, 0.29) is 0 Å². The van der Waals surface area contributed by atoms with Crippen molar-refractivity contribution in [2.45, 2.75) is 24.6 Å². The van der Waals surface area contributed by atoms with E-state index in [1.54, 1.807) is 0 Å². The average Bonchev–Trinajstić information content (AvgIpc) is 2.32. The van der Waals surface area contributed by atoms with Crippen molar-refractivity contribution in [3.05, 3.63) is 0 Å². The molecule has 9 heavy (non-hydrogen) atoms. The standard InChI is InChI=1S/C8H11Br/c1-8-5-2-4(7(8)9)3-6(5)8/h4-7H,2-3H2,1H3/t4?,5-,6?,7-,8?/m1/s1. The quantitative estimate of drug-likeness (QED) is 0.511. The zero-order chi connectivity index (χ0) is 6.22.